The Hall–Kier alpha value is -1.10. The van der Waals surface area contributed by atoms with Gasteiger partial charge in [0.05, 0.1) is 0 Å². The third-order valence-corrected chi connectivity index (χ3v) is 4.78. The number of nitrogens with zero attached hydrogens (tertiary/aromatic N) is 2. The van der Waals surface area contributed by atoms with E-state index in [1.165, 1.54) is 0 Å². The van der Waals surface area contributed by atoms with Crippen LogP contribution in [-0.2, 0) is 14.3 Å². The van der Waals surface area contributed by atoms with Crippen LogP contribution in [-0.4, -0.2) is 61.0 Å². The summed E-state index contributed by atoms with van der Waals surface area (Å²) in [7, 11) is 0. The molecule has 0 N–H and O–H groups in total. The summed E-state index contributed by atoms with van der Waals surface area (Å²) in [6.45, 7) is 5.22. The Balaban J connectivity index is 1.38. The molecule has 2 amide bonds. The second kappa shape index (κ2) is 10.6. The molecule has 132 valence electrons. The SMILES string of the molecule is O=C1CCCCN1CCCCOCCCCN1CCCCC1=O. The number of carbonyl (C=O) groups is 2. The van der Waals surface area contributed by atoms with E-state index in [4.69, 9.17) is 4.74 Å². The molecule has 0 aromatic heterocycles. The molecular formula is C18H32N2O3. The molecule has 0 radical (unpaired) electrons. The molecule has 2 heterocycles. The zero-order chi connectivity index (χ0) is 16.3. The Morgan fingerprint density at radius 1 is 0.696 bits per heavy atom. The van der Waals surface area contributed by atoms with E-state index >= 15 is 0 Å². The van der Waals surface area contributed by atoms with E-state index in [-0.39, 0.29) is 0 Å². The van der Waals surface area contributed by atoms with Crippen molar-refractivity contribution in [2.75, 3.05) is 39.4 Å². The Labute approximate surface area is 140 Å². The Kier molecular flexibility index (Phi) is 8.43. The van der Waals surface area contributed by atoms with Gasteiger partial charge in [-0.25, -0.2) is 0 Å². The predicted octanol–water partition coefficient (Wildman–Crippen LogP) is 2.59. The molecule has 2 saturated heterocycles. The van der Waals surface area contributed by atoms with E-state index in [0.717, 1.165) is 104 Å². The van der Waals surface area contributed by atoms with Gasteiger partial charge in [-0.3, -0.25) is 9.59 Å². The number of hydrogen-bond donors (Lipinski definition) is 0. The third-order valence-electron chi connectivity index (χ3n) is 4.78. The normalized spacial score (nSPS) is 19.5. The molecule has 0 bridgehead atoms. The van der Waals surface area contributed by atoms with E-state index in [1.54, 1.807) is 0 Å². The first-order valence-corrected chi connectivity index (χ1v) is 9.40. The molecule has 2 aliphatic rings. The molecule has 2 fully saturated rings. The van der Waals surface area contributed by atoms with Gasteiger partial charge in [-0.1, -0.05) is 0 Å². The van der Waals surface area contributed by atoms with Crippen LogP contribution >= 0.6 is 0 Å². The molecule has 2 rings (SSSR count). The number of carbonyl (C=O) groups excluding carboxylic acids is 2. The summed E-state index contributed by atoms with van der Waals surface area (Å²) in [6.07, 6.45) is 10.0. The number of ether oxygens (including phenoxy) is 1. The fourth-order valence-corrected chi connectivity index (χ4v) is 3.31. The van der Waals surface area contributed by atoms with Gasteiger partial charge in [0.2, 0.25) is 11.8 Å². The fraction of sp³-hybridized carbons (Fsp3) is 0.889. The van der Waals surface area contributed by atoms with Crippen molar-refractivity contribution in [2.45, 2.75) is 64.2 Å². The lowest BCUT2D eigenvalue weighted by Gasteiger charge is -2.26. The van der Waals surface area contributed by atoms with Crippen LogP contribution in [0.25, 0.3) is 0 Å². The second-order valence-corrected chi connectivity index (χ2v) is 6.70. The topological polar surface area (TPSA) is 49.9 Å². The zero-order valence-corrected chi connectivity index (χ0v) is 14.4. The summed E-state index contributed by atoms with van der Waals surface area (Å²) in [5, 5.41) is 0. The van der Waals surface area contributed by atoms with Crippen LogP contribution in [0, 0.1) is 0 Å². The number of amides is 2. The van der Waals surface area contributed by atoms with E-state index < -0.39 is 0 Å². The van der Waals surface area contributed by atoms with Gasteiger partial charge in [-0.05, 0) is 51.4 Å². The van der Waals surface area contributed by atoms with E-state index in [9.17, 15) is 9.59 Å². The standard InChI is InChI=1S/C18H32N2O3/c21-17-9-1-3-11-19(17)13-5-7-15-23-16-8-6-14-20-12-4-2-10-18(20)22/h1-16H2. The number of piperidine rings is 2. The molecule has 0 spiro atoms. The molecule has 23 heavy (non-hydrogen) atoms. The Morgan fingerprint density at radius 2 is 1.17 bits per heavy atom. The lowest BCUT2D eigenvalue weighted by molar-refractivity contribution is -0.134. The highest BCUT2D eigenvalue weighted by molar-refractivity contribution is 5.77. The van der Waals surface area contributed by atoms with Crippen LogP contribution in [0.15, 0.2) is 0 Å². The molecule has 2 aliphatic heterocycles. The van der Waals surface area contributed by atoms with Crippen molar-refractivity contribution >= 4 is 11.8 Å². The van der Waals surface area contributed by atoms with Gasteiger partial charge in [0.25, 0.3) is 0 Å². The van der Waals surface area contributed by atoms with E-state index in [1.807, 2.05) is 9.80 Å². The lowest BCUT2D eigenvalue weighted by atomic mass is 10.1. The second-order valence-electron chi connectivity index (χ2n) is 6.70. The third kappa shape index (κ3) is 6.90. The Bertz CT molecular complexity index is 339. The highest BCUT2D eigenvalue weighted by atomic mass is 16.5. The first-order chi connectivity index (χ1) is 11.3. The van der Waals surface area contributed by atoms with Crippen LogP contribution in [0.3, 0.4) is 0 Å². The van der Waals surface area contributed by atoms with Crippen molar-refractivity contribution < 1.29 is 14.3 Å². The van der Waals surface area contributed by atoms with Crippen LogP contribution < -0.4 is 0 Å². The molecular weight excluding hydrogens is 292 g/mol. The van der Waals surface area contributed by atoms with Crippen molar-refractivity contribution in [3.63, 3.8) is 0 Å². The summed E-state index contributed by atoms with van der Waals surface area (Å²) >= 11 is 0. The summed E-state index contributed by atoms with van der Waals surface area (Å²) in [5.41, 5.74) is 0. The van der Waals surface area contributed by atoms with Gasteiger partial charge in [0.1, 0.15) is 0 Å². The molecule has 0 aliphatic carbocycles. The molecule has 0 aromatic rings. The molecule has 0 saturated carbocycles. The van der Waals surface area contributed by atoms with Crippen LogP contribution in [0.5, 0.6) is 0 Å². The maximum Gasteiger partial charge on any atom is 0.222 e. The first kappa shape index (κ1) is 18.2. The molecule has 0 atom stereocenters. The van der Waals surface area contributed by atoms with Crippen molar-refractivity contribution in [1.29, 1.82) is 0 Å². The fourth-order valence-electron chi connectivity index (χ4n) is 3.31. The largest absolute Gasteiger partial charge is 0.381 e. The van der Waals surface area contributed by atoms with Crippen molar-refractivity contribution in [3.8, 4) is 0 Å². The molecule has 0 unspecified atom stereocenters. The van der Waals surface area contributed by atoms with Crippen molar-refractivity contribution in [3.05, 3.63) is 0 Å². The highest BCUT2D eigenvalue weighted by Crippen LogP contribution is 2.12. The minimum absolute atomic E-state index is 0.324. The van der Waals surface area contributed by atoms with Crippen molar-refractivity contribution in [2.24, 2.45) is 0 Å². The smallest absolute Gasteiger partial charge is 0.222 e. The van der Waals surface area contributed by atoms with Gasteiger partial charge < -0.3 is 14.5 Å². The monoisotopic (exact) mass is 324 g/mol. The summed E-state index contributed by atoms with van der Waals surface area (Å²) < 4.78 is 5.66. The summed E-state index contributed by atoms with van der Waals surface area (Å²) in [6, 6.07) is 0. The van der Waals surface area contributed by atoms with E-state index in [2.05, 4.69) is 0 Å². The lowest BCUT2D eigenvalue weighted by Crippen LogP contribution is -2.36. The maximum atomic E-state index is 11.7. The first-order valence-electron chi connectivity index (χ1n) is 9.40. The average Bonchev–Trinajstić information content (AvgIpc) is 2.56. The molecule has 0 aromatic carbocycles. The average molecular weight is 324 g/mol. The minimum atomic E-state index is 0.324. The minimum Gasteiger partial charge on any atom is -0.381 e. The van der Waals surface area contributed by atoms with Crippen LogP contribution in [0.2, 0.25) is 0 Å². The number of hydrogen-bond acceptors (Lipinski definition) is 3. The van der Waals surface area contributed by atoms with Gasteiger partial charge in [-0.2, -0.15) is 0 Å². The quantitative estimate of drug-likeness (QED) is 0.580. The van der Waals surface area contributed by atoms with Crippen molar-refractivity contribution in [1.82, 2.24) is 9.80 Å². The Morgan fingerprint density at radius 3 is 1.61 bits per heavy atom. The van der Waals surface area contributed by atoms with Crippen LogP contribution in [0.4, 0.5) is 0 Å². The predicted molar refractivity (Wildman–Crippen MR) is 90.1 cm³/mol. The van der Waals surface area contributed by atoms with Crippen LogP contribution in [0.1, 0.15) is 64.2 Å². The summed E-state index contributed by atoms with van der Waals surface area (Å²) in [4.78, 5) is 27.3. The van der Waals surface area contributed by atoms with Gasteiger partial charge >= 0.3 is 0 Å². The maximum absolute atomic E-state index is 11.7. The van der Waals surface area contributed by atoms with Gasteiger partial charge in [0.15, 0.2) is 0 Å². The van der Waals surface area contributed by atoms with Gasteiger partial charge in [0, 0.05) is 52.2 Å². The zero-order valence-electron chi connectivity index (χ0n) is 14.4. The van der Waals surface area contributed by atoms with Gasteiger partial charge in [-0.15, -0.1) is 0 Å². The molecule has 5 heteroatoms. The highest BCUT2D eigenvalue weighted by Gasteiger charge is 2.17. The number of unbranched alkanes of at least 4 members (excludes halogenated alkanes) is 2. The summed E-state index contributed by atoms with van der Waals surface area (Å²) in [5.74, 6) is 0.647. The number of rotatable bonds is 10. The van der Waals surface area contributed by atoms with E-state index in [0.29, 0.717) is 11.8 Å². The number of likely N-dealkylation sites (tertiary alicyclic amines) is 2. The molecule has 5 nitrogen and oxygen atoms in total.